The Labute approximate surface area is 94.9 Å². The van der Waals surface area contributed by atoms with Gasteiger partial charge in [0.1, 0.15) is 0 Å². The van der Waals surface area contributed by atoms with E-state index < -0.39 is 0 Å². The lowest BCUT2D eigenvalue weighted by Gasteiger charge is -2.21. The van der Waals surface area contributed by atoms with Crippen LogP contribution in [0, 0.1) is 0 Å². The van der Waals surface area contributed by atoms with Crippen molar-refractivity contribution in [2.75, 3.05) is 0 Å². The summed E-state index contributed by atoms with van der Waals surface area (Å²) in [6, 6.07) is 10.7. The summed E-state index contributed by atoms with van der Waals surface area (Å²) < 4.78 is 0.396. The van der Waals surface area contributed by atoms with Gasteiger partial charge < -0.3 is 0 Å². The largest absolute Gasteiger partial charge is 0.0795 e. The Morgan fingerprint density at radius 3 is 2.23 bits per heavy atom. The van der Waals surface area contributed by atoms with E-state index in [1.807, 2.05) is 0 Å². The smallest absolute Gasteiger partial charge is 0.0171 e. The van der Waals surface area contributed by atoms with Crippen molar-refractivity contribution in [3.63, 3.8) is 0 Å². The lowest BCUT2D eigenvalue weighted by molar-refractivity contribution is 0.586. The first-order valence-electron chi connectivity index (χ1n) is 4.73. The molecule has 13 heavy (non-hydrogen) atoms. The van der Waals surface area contributed by atoms with Crippen LogP contribution >= 0.6 is 22.6 Å². The zero-order valence-electron chi connectivity index (χ0n) is 8.55. The average Bonchev–Trinajstić information content (AvgIpc) is 2.03. The Balaban J connectivity index is 2.64. The fourth-order valence-electron chi connectivity index (χ4n) is 1.63. The first kappa shape index (κ1) is 11.0. The molecule has 72 valence electrons. The van der Waals surface area contributed by atoms with Crippen LogP contribution in [0.3, 0.4) is 0 Å². The molecule has 0 aliphatic heterocycles. The van der Waals surface area contributed by atoms with E-state index in [4.69, 9.17) is 0 Å². The molecule has 1 atom stereocenters. The van der Waals surface area contributed by atoms with Crippen molar-refractivity contribution in [2.24, 2.45) is 0 Å². The Morgan fingerprint density at radius 2 is 1.77 bits per heavy atom. The summed E-state index contributed by atoms with van der Waals surface area (Å²) in [5.74, 6) is 0.660. The molecule has 1 unspecified atom stereocenters. The molecule has 0 spiro atoms. The normalized spacial score (nSPS) is 14.2. The Morgan fingerprint density at radius 1 is 1.23 bits per heavy atom. The van der Waals surface area contributed by atoms with Gasteiger partial charge in [-0.2, -0.15) is 0 Å². The van der Waals surface area contributed by atoms with Gasteiger partial charge in [-0.25, -0.2) is 0 Å². The zero-order chi connectivity index (χ0) is 9.90. The van der Waals surface area contributed by atoms with E-state index in [9.17, 15) is 0 Å². The third-order valence-corrected chi connectivity index (χ3v) is 2.60. The summed E-state index contributed by atoms with van der Waals surface area (Å²) in [7, 11) is 0. The molecule has 0 aliphatic carbocycles. The maximum Gasteiger partial charge on any atom is 0.0171 e. The lowest BCUT2D eigenvalue weighted by atomic mass is 9.92. The fraction of sp³-hybridized carbons (Fsp3) is 0.500. The number of rotatable bonds is 3. The maximum absolute atomic E-state index is 2.52. The van der Waals surface area contributed by atoms with Crippen molar-refractivity contribution in [2.45, 2.75) is 36.5 Å². The zero-order valence-corrected chi connectivity index (χ0v) is 10.7. The molecule has 0 saturated carbocycles. The van der Waals surface area contributed by atoms with Crippen LogP contribution < -0.4 is 0 Å². The molecule has 1 heteroatoms. The van der Waals surface area contributed by atoms with Gasteiger partial charge in [0.2, 0.25) is 0 Å². The van der Waals surface area contributed by atoms with Crippen molar-refractivity contribution in [3.8, 4) is 0 Å². The highest BCUT2D eigenvalue weighted by Gasteiger charge is 2.17. The molecule has 0 saturated heterocycles. The van der Waals surface area contributed by atoms with Gasteiger partial charge in [0, 0.05) is 3.42 Å². The van der Waals surface area contributed by atoms with Gasteiger partial charge in [0.05, 0.1) is 0 Å². The minimum Gasteiger partial charge on any atom is -0.0795 e. The first-order valence-corrected chi connectivity index (χ1v) is 5.81. The van der Waals surface area contributed by atoms with Crippen molar-refractivity contribution in [3.05, 3.63) is 35.9 Å². The second-order valence-corrected chi connectivity index (χ2v) is 7.15. The molecule has 0 radical (unpaired) electrons. The maximum atomic E-state index is 2.52. The molecule has 0 nitrogen and oxygen atoms in total. The van der Waals surface area contributed by atoms with E-state index in [2.05, 4.69) is 73.7 Å². The minimum absolute atomic E-state index is 0.396. The van der Waals surface area contributed by atoms with Crippen molar-refractivity contribution >= 4 is 22.6 Å². The minimum atomic E-state index is 0.396. The molecule has 0 heterocycles. The molecule has 1 rings (SSSR count). The molecule has 0 fully saturated rings. The average molecular weight is 288 g/mol. The van der Waals surface area contributed by atoms with Gasteiger partial charge in [-0.3, -0.25) is 0 Å². The van der Waals surface area contributed by atoms with E-state index in [1.54, 1.807) is 0 Å². The number of hydrogen-bond donors (Lipinski definition) is 0. The SMILES string of the molecule is CC(CC(C)(C)I)c1ccccc1. The summed E-state index contributed by atoms with van der Waals surface area (Å²) in [5.41, 5.74) is 1.45. The highest BCUT2D eigenvalue weighted by Crippen LogP contribution is 2.31. The molecule has 0 aliphatic rings. The standard InChI is InChI=1S/C12H17I/c1-10(9-12(2,3)13)11-7-5-4-6-8-11/h4-8,10H,9H2,1-3H3. The highest BCUT2D eigenvalue weighted by atomic mass is 127. The third kappa shape index (κ3) is 4.12. The molecule has 0 bridgehead atoms. The van der Waals surface area contributed by atoms with E-state index in [0.717, 1.165) is 0 Å². The summed E-state index contributed by atoms with van der Waals surface area (Å²) in [5, 5.41) is 0. The van der Waals surface area contributed by atoms with E-state index in [0.29, 0.717) is 9.34 Å². The monoisotopic (exact) mass is 288 g/mol. The second-order valence-electron chi connectivity index (χ2n) is 4.23. The second kappa shape index (κ2) is 4.45. The predicted molar refractivity (Wildman–Crippen MR) is 67.6 cm³/mol. The van der Waals surface area contributed by atoms with Crippen LogP contribution in [-0.2, 0) is 0 Å². The van der Waals surface area contributed by atoms with Crippen molar-refractivity contribution < 1.29 is 0 Å². The van der Waals surface area contributed by atoms with Gasteiger partial charge in [-0.1, -0.05) is 73.7 Å². The molecule has 1 aromatic carbocycles. The van der Waals surface area contributed by atoms with Crippen LogP contribution in [0.2, 0.25) is 0 Å². The fourth-order valence-corrected chi connectivity index (χ4v) is 2.29. The third-order valence-electron chi connectivity index (χ3n) is 2.16. The Kier molecular flexibility index (Phi) is 3.77. The summed E-state index contributed by atoms with van der Waals surface area (Å²) in [6.45, 7) is 6.87. The van der Waals surface area contributed by atoms with Gasteiger partial charge in [0.25, 0.3) is 0 Å². The Hall–Kier alpha value is -0.0500. The van der Waals surface area contributed by atoms with Crippen LogP contribution in [0.4, 0.5) is 0 Å². The quantitative estimate of drug-likeness (QED) is 0.571. The Bertz CT molecular complexity index is 246. The van der Waals surface area contributed by atoms with Crippen LogP contribution in [0.15, 0.2) is 30.3 Å². The van der Waals surface area contributed by atoms with Crippen molar-refractivity contribution in [1.82, 2.24) is 0 Å². The van der Waals surface area contributed by atoms with Crippen LogP contribution in [-0.4, -0.2) is 3.42 Å². The van der Waals surface area contributed by atoms with Gasteiger partial charge in [-0.15, -0.1) is 0 Å². The van der Waals surface area contributed by atoms with Crippen molar-refractivity contribution in [1.29, 1.82) is 0 Å². The van der Waals surface area contributed by atoms with E-state index in [-0.39, 0.29) is 0 Å². The van der Waals surface area contributed by atoms with Gasteiger partial charge in [-0.05, 0) is 17.9 Å². The lowest BCUT2D eigenvalue weighted by Crippen LogP contribution is -2.13. The number of hydrogen-bond acceptors (Lipinski definition) is 0. The molecule has 0 aromatic heterocycles. The summed E-state index contributed by atoms with van der Waals surface area (Å²) >= 11 is 2.52. The number of benzene rings is 1. The predicted octanol–water partition coefficient (Wildman–Crippen LogP) is 4.39. The van der Waals surface area contributed by atoms with E-state index in [1.165, 1.54) is 12.0 Å². The van der Waals surface area contributed by atoms with Crippen LogP contribution in [0.5, 0.6) is 0 Å². The molecule has 0 N–H and O–H groups in total. The van der Waals surface area contributed by atoms with Crippen LogP contribution in [0.25, 0.3) is 0 Å². The van der Waals surface area contributed by atoms with Crippen LogP contribution in [0.1, 0.15) is 38.7 Å². The number of alkyl halides is 1. The number of halogens is 1. The first-order chi connectivity index (χ1) is 5.99. The highest BCUT2D eigenvalue weighted by molar-refractivity contribution is 14.1. The summed E-state index contributed by atoms with van der Waals surface area (Å²) in [4.78, 5) is 0. The van der Waals surface area contributed by atoms with Gasteiger partial charge >= 0.3 is 0 Å². The van der Waals surface area contributed by atoms with Gasteiger partial charge in [0.15, 0.2) is 0 Å². The molecule has 1 aromatic rings. The molecule has 0 amide bonds. The summed E-state index contributed by atoms with van der Waals surface area (Å²) in [6.07, 6.45) is 1.23. The molecular weight excluding hydrogens is 271 g/mol. The topological polar surface area (TPSA) is 0 Å². The van der Waals surface area contributed by atoms with E-state index >= 15 is 0 Å². The molecular formula is C12H17I.